The Kier molecular flexibility index (Phi) is 8.93. The van der Waals surface area contributed by atoms with Crippen molar-refractivity contribution in [3.8, 4) is 0 Å². The molecule has 1 N–H and O–H groups in total. The summed E-state index contributed by atoms with van der Waals surface area (Å²) in [5.41, 5.74) is 0.665. The second kappa shape index (κ2) is 12.8. The van der Waals surface area contributed by atoms with Gasteiger partial charge in [0.1, 0.15) is 19.3 Å². The monoisotopic (exact) mass is 636 g/mol. The first-order valence-electron chi connectivity index (χ1n) is 12.9. The van der Waals surface area contributed by atoms with E-state index in [-0.39, 0.29) is 21.2 Å². The summed E-state index contributed by atoms with van der Waals surface area (Å²) >= 11 is 3.11. The fourth-order valence-corrected chi connectivity index (χ4v) is 4.97. The van der Waals surface area contributed by atoms with Gasteiger partial charge in [-0.15, -0.1) is 0 Å². The summed E-state index contributed by atoms with van der Waals surface area (Å²) in [6.45, 7) is -0.939. The second-order valence-electron chi connectivity index (χ2n) is 9.49. The van der Waals surface area contributed by atoms with E-state index in [9.17, 15) is 24.3 Å². The van der Waals surface area contributed by atoms with E-state index in [2.05, 4.69) is 15.9 Å². The number of carbonyl (C=O) groups excluding carboxylic acids is 4. The molecule has 5 rings (SSSR count). The minimum atomic E-state index is -2.29. The number of esters is 3. The molecule has 216 valence electrons. The first kappa shape index (κ1) is 29.3. The van der Waals surface area contributed by atoms with Gasteiger partial charge in [-0.05, 0) is 58.4 Å². The Hall–Kier alpha value is -4.16. The quantitative estimate of drug-likeness (QED) is 0.288. The highest BCUT2D eigenvalue weighted by Gasteiger charge is 2.59. The summed E-state index contributed by atoms with van der Waals surface area (Å²) in [4.78, 5) is 51.2. The van der Waals surface area contributed by atoms with Crippen molar-refractivity contribution < 1.29 is 48.0 Å². The molecule has 2 aliphatic heterocycles. The summed E-state index contributed by atoms with van der Waals surface area (Å²) in [7, 11) is 0. The molecule has 1 unspecified atom stereocenters. The average Bonchev–Trinajstić information content (AvgIpc) is 3.36. The molecule has 1 fully saturated rings. The number of ketones is 1. The van der Waals surface area contributed by atoms with Crippen molar-refractivity contribution in [2.75, 3.05) is 13.2 Å². The smallest absolute Gasteiger partial charge is 0.338 e. The van der Waals surface area contributed by atoms with Gasteiger partial charge in [-0.1, -0.05) is 54.6 Å². The van der Waals surface area contributed by atoms with E-state index in [1.165, 1.54) is 24.3 Å². The number of aliphatic hydroxyl groups is 1. The second-order valence-corrected chi connectivity index (χ2v) is 10.3. The molecule has 0 aromatic heterocycles. The van der Waals surface area contributed by atoms with Gasteiger partial charge in [0.05, 0.1) is 21.2 Å². The van der Waals surface area contributed by atoms with Crippen molar-refractivity contribution in [1.82, 2.24) is 0 Å². The molecule has 3 aromatic rings. The lowest BCUT2D eigenvalue weighted by atomic mass is 9.98. The zero-order chi connectivity index (χ0) is 29.7. The Morgan fingerprint density at radius 1 is 0.786 bits per heavy atom. The van der Waals surface area contributed by atoms with Crippen molar-refractivity contribution in [2.24, 2.45) is 0 Å². The Labute approximate surface area is 248 Å². The summed E-state index contributed by atoms with van der Waals surface area (Å²) < 4.78 is 28.7. The lowest BCUT2D eigenvalue weighted by Crippen LogP contribution is -2.54. The van der Waals surface area contributed by atoms with Crippen molar-refractivity contribution in [3.05, 3.63) is 118 Å². The molecule has 42 heavy (non-hydrogen) atoms. The van der Waals surface area contributed by atoms with Crippen molar-refractivity contribution >= 4 is 39.6 Å². The normalized spacial score (nSPS) is 25.3. The van der Waals surface area contributed by atoms with Gasteiger partial charge in [-0.25, -0.2) is 14.4 Å². The number of carbonyl (C=O) groups is 4. The number of benzene rings is 3. The van der Waals surface area contributed by atoms with E-state index in [0.717, 1.165) is 6.08 Å². The minimum absolute atomic E-state index is 0.0183. The Balaban J connectivity index is 1.49. The van der Waals surface area contributed by atoms with Crippen LogP contribution in [0.3, 0.4) is 0 Å². The number of ether oxygens (including phenoxy) is 5. The van der Waals surface area contributed by atoms with Gasteiger partial charge in [0.2, 0.25) is 5.79 Å². The van der Waals surface area contributed by atoms with Crippen molar-refractivity contribution in [3.63, 3.8) is 0 Å². The number of Topliss-reactive ketones (excluding diaryl/α,β-unsaturated/α-hetero) is 1. The maximum absolute atomic E-state index is 13.2. The summed E-state index contributed by atoms with van der Waals surface area (Å²) in [5.74, 6) is -4.96. The van der Waals surface area contributed by atoms with Crippen LogP contribution in [-0.2, 0) is 28.5 Å². The third-order valence-electron chi connectivity index (χ3n) is 6.65. The van der Waals surface area contributed by atoms with Gasteiger partial charge in [-0.3, -0.25) is 4.79 Å². The number of halogens is 1. The average molecular weight is 637 g/mol. The first-order valence-corrected chi connectivity index (χ1v) is 13.7. The maximum Gasteiger partial charge on any atom is 0.338 e. The van der Waals surface area contributed by atoms with Gasteiger partial charge < -0.3 is 28.8 Å². The predicted octanol–water partition coefficient (Wildman–Crippen LogP) is 3.63. The van der Waals surface area contributed by atoms with Crippen molar-refractivity contribution in [2.45, 2.75) is 30.2 Å². The van der Waals surface area contributed by atoms with Gasteiger partial charge in [0.15, 0.2) is 24.1 Å². The highest BCUT2D eigenvalue weighted by molar-refractivity contribution is 9.12. The molecule has 2 aliphatic rings. The molecule has 0 radical (unpaired) electrons. The van der Waals surface area contributed by atoms with E-state index < -0.39 is 67.1 Å². The van der Waals surface area contributed by atoms with Gasteiger partial charge >= 0.3 is 17.9 Å². The van der Waals surface area contributed by atoms with E-state index >= 15 is 0 Å². The molecule has 5 atom stereocenters. The molecule has 0 amide bonds. The molecule has 11 heteroatoms. The number of hydrogen-bond donors (Lipinski definition) is 1. The summed E-state index contributed by atoms with van der Waals surface area (Å²) in [6, 6.07) is 24.4. The van der Waals surface area contributed by atoms with Gasteiger partial charge in [0, 0.05) is 0 Å². The van der Waals surface area contributed by atoms with Crippen LogP contribution in [0, 0.1) is 0 Å². The van der Waals surface area contributed by atoms with E-state index in [4.69, 9.17) is 23.7 Å². The summed E-state index contributed by atoms with van der Waals surface area (Å²) in [5, 5.41) is 11.5. The topological polar surface area (TPSA) is 135 Å². The third kappa shape index (κ3) is 6.50. The van der Waals surface area contributed by atoms with Crippen LogP contribution in [0.25, 0.3) is 0 Å². The minimum Gasteiger partial charge on any atom is -0.459 e. The van der Waals surface area contributed by atoms with Gasteiger partial charge in [-0.2, -0.15) is 0 Å². The first-order chi connectivity index (χ1) is 20.2. The van der Waals surface area contributed by atoms with E-state index in [1.807, 2.05) is 0 Å². The fraction of sp³-hybridized carbons (Fsp3) is 0.226. The van der Waals surface area contributed by atoms with Gasteiger partial charge in [0.25, 0.3) is 0 Å². The highest BCUT2D eigenvalue weighted by atomic mass is 79.9. The lowest BCUT2D eigenvalue weighted by molar-refractivity contribution is -0.246. The zero-order valence-corrected chi connectivity index (χ0v) is 23.5. The molecule has 0 saturated carbocycles. The highest BCUT2D eigenvalue weighted by Crippen LogP contribution is 2.38. The number of hydrogen-bond acceptors (Lipinski definition) is 10. The van der Waals surface area contributed by atoms with Crippen LogP contribution < -0.4 is 0 Å². The van der Waals surface area contributed by atoms with Crippen LogP contribution in [0.15, 0.2) is 102 Å². The molecule has 2 heterocycles. The Morgan fingerprint density at radius 2 is 1.26 bits per heavy atom. The van der Waals surface area contributed by atoms with Crippen LogP contribution >= 0.6 is 15.9 Å². The van der Waals surface area contributed by atoms with Crippen LogP contribution in [0.1, 0.15) is 31.1 Å². The fourth-order valence-electron chi connectivity index (χ4n) is 4.53. The molecule has 10 nitrogen and oxygen atoms in total. The van der Waals surface area contributed by atoms with Crippen LogP contribution in [0.5, 0.6) is 0 Å². The molecular weight excluding hydrogens is 612 g/mol. The lowest BCUT2D eigenvalue weighted by Gasteiger charge is -2.35. The molecule has 1 saturated heterocycles. The third-order valence-corrected chi connectivity index (χ3v) is 7.32. The molecule has 0 spiro atoms. The maximum atomic E-state index is 13.2. The Morgan fingerprint density at radius 3 is 1.76 bits per heavy atom. The molecular formula is C31H25BrO10. The van der Waals surface area contributed by atoms with Crippen LogP contribution in [-0.4, -0.2) is 72.2 Å². The van der Waals surface area contributed by atoms with Crippen LogP contribution in [0.2, 0.25) is 0 Å². The molecule has 3 aromatic carbocycles. The van der Waals surface area contributed by atoms with E-state index in [1.54, 1.807) is 66.7 Å². The SMILES string of the molecule is O=C1COC(O)([C@@H]2O[C@H](COC(=O)c3ccccc3)[C@@H](OC(=O)c3ccccc3)[C@H]2OC(=O)c2ccccc2)C=C1Br. The standard InChI is InChI=1S/C31H25BrO10/c32-22-16-31(37,39-17-23(22)33)27-26(42-30(36)21-14-8-3-9-15-21)25(41-29(35)20-12-6-2-7-13-20)24(40-27)18-38-28(34)19-10-4-1-5-11-19/h1-16,24-27,37H,17-18H2/t24-,25-,26-,27-,31?/m1/s1. The Bertz CT molecular complexity index is 1480. The molecule has 0 bridgehead atoms. The largest absolute Gasteiger partial charge is 0.459 e. The van der Waals surface area contributed by atoms with Crippen molar-refractivity contribution in [1.29, 1.82) is 0 Å². The van der Waals surface area contributed by atoms with E-state index in [0.29, 0.717) is 0 Å². The predicted molar refractivity (Wildman–Crippen MR) is 150 cm³/mol. The van der Waals surface area contributed by atoms with Crippen LogP contribution in [0.4, 0.5) is 0 Å². The number of rotatable bonds is 8. The summed E-state index contributed by atoms with van der Waals surface area (Å²) in [6.07, 6.45) is -4.44. The zero-order valence-electron chi connectivity index (χ0n) is 22.0. The molecule has 0 aliphatic carbocycles.